The van der Waals surface area contributed by atoms with Crippen molar-refractivity contribution in [3.63, 3.8) is 0 Å². The van der Waals surface area contributed by atoms with Crippen LogP contribution >= 0.6 is 0 Å². The molecule has 1 aromatic heterocycles. The van der Waals surface area contributed by atoms with Gasteiger partial charge in [0.25, 0.3) is 0 Å². The van der Waals surface area contributed by atoms with Crippen LogP contribution in [-0.4, -0.2) is 66.4 Å². The highest BCUT2D eigenvalue weighted by molar-refractivity contribution is 6.00. The minimum absolute atomic E-state index is 0.00213. The van der Waals surface area contributed by atoms with Gasteiger partial charge in [0, 0.05) is 57.6 Å². The molecule has 2 saturated heterocycles. The highest BCUT2D eigenvalue weighted by Gasteiger charge is 2.37. The Labute approximate surface area is 170 Å². The van der Waals surface area contributed by atoms with Crippen LogP contribution in [0.3, 0.4) is 0 Å². The predicted molar refractivity (Wildman–Crippen MR) is 110 cm³/mol. The summed E-state index contributed by atoms with van der Waals surface area (Å²) >= 11 is 0. The molecule has 7 nitrogen and oxygen atoms in total. The molecule has 0 bridgehead atoms. The van der Waals surface area contributed by atoms with E-state index in [1.807, 2.05) is 47.4 Å². The Hall–Kier alpha value is -2.93. The number of amides is 2. The van der Waals surface area contributed by atoms with Gasteiger partial charge in [0.2, 0.25) is 11.8 Å². The molecule has 2 fully saturated rings. The molecule has 0 aliphatic carbocycles. The van der Waals surface area contributed by atoms with Crippen molar-refractivity contribution in [2.24, 2.45) is 5.92 Å². The maximum atomic E-state index is 13.0. The summed E-state index contributed by atoms with van der Waals surface area (Å²) < 4.78 is 5.17. The Kier molecular flexibility index (Phi) is 5.76. The zero-order valence-electron chi connectivity index (χ0n) is 16.7. The van der Waals surface area contributed by atoms with Crippen molar-refractivity contribution in [2.75, 3.05) is 44.7 Å². The fraction of sp³-hybridized carbons (Fsp3) is 0.409. The van der Waals surface area contributed by atoms with E-state index in [4.69, 9.17) is 4.74 Å². The van der Waals surface area contributed by atoms with E-state index in [1.165, 1.54) is 0 Å². The molecule has 2 amide bonds. The first-order valence-electron chi connectivity index (χ1n) is 9.99. The number of aromatic nitrogens is 1. The van der Waals surface area contributed by atoms with Gasteiger partial charge >= 0.3 is 0 Å². The lowest BCUT2D eigenvalue weighted by Gasteiger charge is -2.35. The van der Waals surface area contributed by atoms with Gasteiger partial charge in [0.05, 0.1) is 18.7 Å². The molecular weight excluding hydrogens is 368 g/mol. The smallest absolute Gasteiger partial charge is 0.228 e. The summed E-state index contributed by atoms with van der Waals surface area (Å²) in [5.41, 5.74) is 1.86. The van der Waals surface area contributed by atoms with Crippen LogP contribution in [0.15, 0.2) is 48.7 Å². The molecule has 1 unspecified atom stereocenters. The van der Waals surface area contributed by atoms with Crippen molar-refractivity contribution in [1.29, 1.82) is 0 Å². The standard InChI is InChI=1S/C22H26N4O3/c1-29-20-7-5-19(6-8-20)26-15-17(14-21(26)27)22(28)25-12-10-24(11-13-25)16-18-4-2-3-9-23-18/h2-9,17H,10-16H2,1H3. The zero-order chi connectivity index (χ0) is 20.2. The van der Waals surface area contributed by atoms with E-state index >= 15 is 0 Å². The van der Waals surface area contributed by atoms with E-state index < -0.39 is 0 Å². The SMILES string of the molecule is COc1ccc(N2CC(C(=O)N3CCN(Cc4ccccn4)CC3)CC2=O)cc1. The molecule has 1 atom stereocenters. The van der Waals surface area contributed by atoms with Crippen molar-refractivity contribution < 1.29 is 14.3 Å². The normalized spacial score (nSPS) is 20.2. The Balaban J connectivity index is 1.31. The number of hydrogen-bond acceptors (Lipinski definition) is 5. The third-order valence-corrected chi connectivity index (χ3v) is 5.65. The van der Waals surface area contributed by atoms with Crippen molar-refractivity contribution in [3.05, 3.63) is 54.4 Å². The lowest BCUT2D eigenvalue weighted by atomic mass is 10.1. The number of benzene rings is 1. The summed E-state index contributed by atoms with van der Waals surface area (Å²) in [7, 11) is 1.61. The summed E-state index contributed by atoms with van der Waals surface area (Å²) in [5, 5.41) is 0. The van der Waals surface area contributed by atoms with Crippen molar-refractivity contribution in [1.82, 2.24) is 14.8 Å². The maximum absolute atomic E-state index is 13.0. The van der Waals surface area contributed by atoms with E-state index in [-0.39, 0.29) is 24.2 Å². The van der Waals surface area contributed by atoms with Crippen LogP contribution < -0.4 is 9.64 Å². The second-order valence-electron chi connectivity index (χ2n) is 7.53. The average Bonchev–Trinajstić information content (AvgIpc) is 3.16. The van der Waals surface area contributed by atoms with E-state index in [0.717, 1.165) is 36.8 Å². The van der Waals surface area contributed by atoms with Crippen LogP contribution in [0.4, 0.5) is 5.69 Å². The van der Waals surface area contributed by atoms with Gasteiger partial charge in [0.1, 0.15) is 5.75 Å². The number of ether oxygens (including phenoxy) is 1. The van der Waals surface area contributed by atoms with E-state index in [9.17, 15) is 9.59 Å². The predicted octanol–water partition coefficient (Wildman–Crippen LogP) is 1.79. The van der Waals surface area contributed by atoms with Crippen LogP contribution in [0.25, 0.3) is 0 Å². The molecule has 7 heteroatoms. The molecular formula is C22H26N4O3. The summed E-state index contributed by atoms with van der Waals surface area (Å²) in [6.45, 7) is 4.28. The molecule has 0 saturated carbocycles. The van der Waals surface area contributed by atoms with Gasteiger partial charge in [-0.1, -0.05) is 6.07 Å². The number of hydrogen-bond donors (Lipinski definition) is 0. The molecule has 4 rings (SSSR count). The molecule has 2 aromatic rings. The number of anilines is 1. The monoisotopic (exact) mass is 394 g/mol. The minimum Gasteiger partial charge on any atom is -0.497 e. The molecule has 2 aliphatic heterocycles. The number of piperazine rings is 1. The topological polar surface area (TPSA) is 66.0 Å². The lowest BCUT2D eigenvalue weighted by Crippen LogP contribution is -2.50. The van der Waals surface area contributed by atoms with Crippen molar-refractivity contribution in [3.8, 4) is 5.75 Å². The summed E-state index contributed by atoms with van der Waals surface area (Å²) in [6.07, 6.45) is 2.08. The molecule has 2 aliphatic rings. The highest BCUT2D eigenvalue weighted by atomic mass is 16.5. The number of carbonyl (C=O) groups is 2. The van der Waals surface area contributed by atoms with Crippen LogP contribution in [0, 0.1) is 5.92 Å². The first kappa shape index (κ1) is 19.4. The number of methoxy groups -OCH3 is 1. The molecule has 0 N–H and O–H groups in total. The Morgan fingerprint density at radius 3 is 2.52 bits per heavy atom. The fourth-order valence-corrected chi connectivity index (χ4v) is 3.99. The number of rotatable bonds is 5. The van der Waals surface area contributed by atoms with Crippen LogP contribution in [0.2, 0.25) is 0 Å². The summed E-state index contributed by atoms with van der Waals surface area (Å²) in [4.78, 5) is 35.8. The second-order valence-corrected chi connectivity index (χ2v) is 7.53. The van der Waals surface area contributed by atoms with Gasteiger partial charge in [-0.05, 0) is 36.4 Å². The minimum atomic E-state index is -0.271. The Morgan fingerprint density at radius 2 is 1.86 bits per heavy atom. The summed E-state index contributed by atoms with van der Waals surface area (Å²) in [6, 6.07) is 13.3. The van der Waals surface area contributed by atoms with Crippen LogP contribution in [0.5, 0.6) is 5.75 Å². The lowest BCUT2D eigenvalue weighted by molar-refractivity contribution is -0.137. The first-order chi connectivity index (χ1) is 14.1. The molecule has 1 aromatic carbocycles. The zero-order valence-corrected chi connectivity index (χ0v) is 16.7. The molecule has 0 spiro atoms. The van der Waals surface area contributed by atoms with Gasteiger partial charge in [0.15, 0.2) is 0 Å². The largest absolute Gasteiger partial charge is 0.497 e. The Bertz CT molecular complexity index is 848. The number of pyridine rings is 1. The van der Waals surface area contributed by atoms with E-state index in [1.54, 1.807) is 18.2 Å². The summed E-state index contributed by atoms with van der Waals surface area (Å²) in [5.74, 6) is 0.567. The van der Waals surface area contributed by atoms with Gasteiger partial charge in [-0.15, -0.1) is 0 Å². The number of carbonyl (C=O) groups excluding carboxylic acids is 2. The quantitative estimate of drug-likeness (QED) is 0.774. The second kappa shape index (κ2) is 8.61. The molecule has 3 heterocycles. The average molecular weight is 394 g/mol. The van der Waals surface area contributed by atoms with E-state index in [0.29, 0.717) is 19.6 Å². The number of nitrogens with zero attached hydrogens (tertiary/aromatic N) is 4. The van der Waals surface area contributed by atoms with E-state index in [2.05, 4.69) is 9.88 Å². The van der Waals surface area contributed by atoms with Gasteiger partial charge in [-0.2, -0.15) is 0 Å². The highest BCUT2D eigenvalue weighted by Crippen LogP contribution is 2.28. The Morgan fingerprint density at radius 1 is 1.10 bits per heavy atom. The molecule has 29 heavy (non-hydrogen) atoms. The van der Waals surface area contributed by atoms with Gasteiger partial charge in [-0.3, -0.25) is 19.5 Å². The van der Waals surface area contributed by atoms with Crippen LogP contribution in [-0.2, 0) is 16.1 Å². The molecule has 0 radical (unpaired) electrons. The van der Waals surface area contributed by atoms with Gasteiger partial charge < -0.3 is 14.5 Å². The van der Waals surface area contributed by atoms with Crippen molar-refractivity contribution in [2.45, 2.75) is 13.0 Å². The third-order valence-electron chi connectivity index (χ3n) is 5.65. The first-order valence-corrected chi connectivity index (χ1v) is 9.99. The van der Waals surface area contributed by atoms with Crippen LogP contribution in [0.1, 0.15) is 12.1 Å². The maximum Gasteiger partial charge on any atom is 0.228 e. The van der Waals surface area contributed by atoms with Gasteiger partial charge in [-0.25, -0.2) is 0 Å². The van der Waals surface area contributed by atoms with Crippen molar-refractivity contribution >= 4 is 17.5 Å². The third kappa shape index (κ3) is 4.40. The fourth-order valence-electron chi connectivity index (χ4n) is 3.99. The molecule has 152 valence electrons.